The van der Waals surface area contributed by atoms with Gasteiger partial charge in [0.05, 0.1) is 0 Å². The van der Waals surface area contributed by atoms with E-state index in [2.05, 4.69) is 52.0 Å². The van der Waals surface area contributed by atoms with Crippen molar-refractivity contribution in [3.8, 4) is 0 Å². The summed E-state index contributed by atoms with van der Waals surface area (Å²) in [6, 6.07) is 18.4. The van der Waals surface area contributed by atoms with Crippen LogP contribution in [0, 0.1) is 0 Å². The largest absolute Gasteiger partial charge is 0.380 e. The Labute approximate surface area is 128 Å². The predicted molar refractivity (Wildman–Crippen MR) is 89.5 cm³/mol. The molecule has 0 spiro atoms. The van der Waals surface area contributed by atoms with Crippen molar-refractivity contribution in [2.45, 2.75) is 51.6 Å². The van der Waals surface area contributed by atoms with Gasteiger partial charge in [-0.15, -0.1) is 0 Å². The average Bonchev–Trinajstić information content (AvgIpc) is 2.47. The first-order chi connectivity index (χ1) is 9.88. The van der Waals surface area contributed by atoms with Gasteiger partial charge in [0.25, 0.3) is 0 Å². The quantitative estimate of drug-likeness (QED) is 0.834. The molecule has 112 valence electrons. The third-order valence-corrected chi connectivity index (χ3v) is 4.09. The van der Waals surface area contributed by atoms with E-state index in [1.165, 1.54) is 5.56 Å². The molecule has 0 amide bonds. The number of benzene rings is 2. The Morgan fingerprint density at radius 2 is 1.24 bits per heavy atom. The van der Waals surface area contributed by atoms with Gasteiger partial charge in [-0.2, -0.15) is 0 Å². The highest BCUT2D eigenvalue weighted by Gasteiger charge is 2.30. The molecule has 1 atom stereocenters. The number of rotatable bonds is 4. The van der Waals surface area contributed by atoms with Crippen LogP contribution >= 0.6 is 0 Å². The summed E-state index contributed by atoms with van der Waals surface area (Å²) in [6.45, 7) is 8.73. The van der Waals surface area contributed by atoms with Crippen molar-refractivity contribution < 1.29 is 5.11 Å². The summed E-state index contributed by atoms with van der Waals surface area (Å²) in [7, 11) is 0. The van der Waals surface area contributed by atoms with Crippen LogP contribution in [0.15, 0.2) is 54.6 Å². The molecule has 0 radical (unpaired) electrons. The molecule has 1 heteroatoms. The van der Waals surface area contributed by atoms with Gasteiger partial charge in [-0.3, -0.25) is 0 Å². The normalized spacial score (nSPS) is 14.7. The predicted octanol–water partition coefficient (Wildman–Crippen LogP) is 5.02. The Bertz CT molecular complexity index is 563. The SMILES string of the molecule is CCCC(O)(c1ccccc1)c1ccc(C(C)(C)C)cc1. The molecule has 2 rings (SSSR count). The van der Waals surface area contributed by atoms with E-state index in [9.17, 15) is 5.11 Å². The molecule has 0 aliphatic heterocycles. The summed E-state index contributed by atoms with van der Waals surface area (Å²) >= 11 is 0. The highest BCUT2D eigenvalue weighted by atomic mass is 16.3. The molecule has 0 heterocycles. The molecule has 2 aromatic rings. The van der Waals surface area contributed by atoms with E-state index in [-0.39, 0.29) is 5.41 Å². The van der Waals surface area contributed by atoms with Gasteiger partial charge in [0.1, 0.15) is 5.60 Å². The number of aliphatic hydroxyl groups is 1. The summed E-state index contributed by atoms with van der Waals surface area (Å²) in [5, 5.41) is 11.2. The van der Waals surface area contributed by atoms with Crippen molar-refractivity contribution in [3.63, 3.8) is 0 Å². The second kappa shape index (κ2) is 6.03. The fourth-order valence-electron chi connectivity index (χ4n) is 2.78. The molecule has 0 saturated carbocycles. The first kappa shape index (κ1) is 15.8. The van der Waals surface area contributed by atoms with Crippen LogP contribution in [0.25, 0.3) is 0 Å². The molecule has 2 aromatic carbocycles. The number of hydrogen-bond donors (Lipinski definition) is 1. The van der Waals surface area contributed by atoms with Crippen LogP contribution in [0.2, 0.25) is 0 Å². The van der Waals surface area contributed by atoms with E-state index in [1.54, 1.807) is 0 Å². The maximum Gasteiger partial charge on any atom is 0.115 e. The van der Waals surface area contributed by atoms with Crippen molar-refractivity contribution in [2.75, 3.05) is 0 Å². The van der Waals surface area contributed by atoms with E-state index in [0.717, 1.165) is 24.0 Å². The minimum absolute atomic E-state index is 0.133. The minimum Gasteiger partial charge on any atom is -0.380 e. The van der Waals surface area contributed by atoms with E-state index in [0.29, 0.717) is 0 Å². The molecule has 1 N–H and O–H groups in total. The zero-order chi connectivity index (χ0) is 15.5. The van der Waals surface area contributed by atoms with Gasteiger partial charge >= 0.3 is 0 Å². The Hall–Kier alpha value is -1.60. The van der Waals surface area contributed by atoms with Crippen LogP contribution < -0.4 is 0 Å². The molecule has 0 aliphatic rings. The van der Waals surface area contributed by atoms with E-state index in [4.69, 9.17) is 0 Å². The lowest BCUT2D eigenvalue weighted by Gasteiger charge is -2.30. The molecule has 21 heavy (non-hydrogen) atoms. The lowest BCUT2D eigenvalue weighted by atomic mass is 9.80. The monoisotopic (exact) mass is 282 g/mol. The highest BCUT2D eigenvalue weighted by molar-refractivity contribution is 5.38. The van der Waals surface area contributed by atoms with Gasteiger partial charge in [0.2, 0.25) is 0 Å². The fraction of sp³-hybridized carbons (Fsp3) is 0.400. The average molecular weight is 282 g/mol. The number of hydrogen-bond acceptors (Lipinski definition) is 1. The van der Waals surface area contributed by atoms with Crippen molar-refractivity contribution in [2.24, 2.45) is 0 Å². The van der Waals surface area contributed by atoms with Gasteiger partial charge in [-0.25, -0.2) is 0 Å². The maximum absolute atomic E-state index is 11.2. The Morgan fingerprint density at radius 3 is 1.71 bits per heavy atom. The van der Waals surface area contributed by atoms with Gasteiger partial charge in [-0.1, -0.05) is 88.7 Å². The lowest BCUT2D eigenvalue weighted by Crippen LogP contribution is -2.27. The molecule has 0 aliphatic carbocycles. The van der Waals surface area contributed by atoms with Crippen molar-refractivity contribution in [1.82, 2.24) is 0 Å². The molecule has 1 nitrogen and oxygen atoms in total. The summed E-state index contributed by atoms with van der Waals surface area (Å²) in [4.78, 5) is 0. The zero-order valence-electron chi connectivity index (χ0n) is 13.6. The van der Waals surface area contributed by atoms with Gasteiger partial charge in [-0.05, 0) is 28.5 Å². The molecular weight excluding hydrogens is 256 g/mol. The Kier molecular flexibility index (Phi) is 4.53. The van der Waals surface area contributed by atoms with E-state index in [1.807, 2.05) is 30.3 Å². The van der Waals surface area contributed by atoms with Crippen molar-refractivity contribution >= 4 is 0 Å². The third-order valence-electron chi connectivity index (χ3n) is 4.09. The summed E-state index contributed by atoms with van der Waals surface area (Å²) in [5.74, 6) is 0. The Morgan fingerprint density at radius 1 is 0.762 bits per heavy atom. The molecular formula is C20H26O. The molecule has 1 unspecified atom stereocenters. The van der Waals surface area contributed by atoms with Gasteiger partial charge in [0.15, 0.2) is 0 Å². The van der Waals surface area contributed by atoms with Gasteiger partial charge < -0.3 is 5.11 Å². The third kappa shape index (κ3) is 3.36. The second-order valence-corrected chi connectivity index (χ2v) is 6.80. The Balaban J connectivity index is 2.44. The topological polar surface area (TPSA) is 20.2 Å². The van der Waals surface area contributed by atoms with Crippen LogP contribution in [-0.4, -0.2) is 5.11 Å². The lowest BCUT2D eigenvalue weighted by molar-refractivity contribution is 0.0701. The molecule has 0 aromatic heterocycles. The molecule has 0 bridgehead atoms. The first-order valence-electron chi connectivity index (χ1n) is 7.77. The highest BCUT2D eigenvalue weighted by Crippen LogP contribution is 2.35. The first-order valence-corrected chi connectivity index (χ1v) is 7.77. The van der Waals surface area contributed by atoms with Crippen LogP contribution in [0.3, 0.4) is 0 Å². The minimum atomic E-state index is -0.896. The summed E-state index contributed by atoms with van der Waals surface area (Å²) in [6.07, 6.45) is 1.66. The smallest absolute Gasteiger partial charge is 0.115 e. The van der Waals surface area contributed by atoms with Crippen LogP contribution in [0.1, 0.15) is 57.2 Å². The second-order valence-electron chi connectivity index (χ2n) is 6.80. The zero-order valence-corrected chi connectivity index (χ0v) is 13.6. The summed E-state index contributed by atoms with van der Waals surface area (Å²) < 4.78 is 0. The van der Waals surface area contributed by atoms with E-state index >= 15 is 0 Å². The van der Waals surface area contributed by atoms with Crippen molar-refractivity contribution in [3.05, 3.63) is 71.3 Å². The standard InChI is InChI=1S/C20H26O/c1-5-15-20(21,17-9-7-6-8-10-17)18-13-11-16(12-14-18)19(2,3)4/h6-14,21H,5,15H2,1-4H3. The van der Waals surface area contributed by atoms with Crippen LogP contribution in [-0.2, 0) is 11.0 Å². The van der Waals surface area contributed by atoms with Crippen LogP contribution in [0.4, 0.5) is 0 Å². The molecule has 0 fully saturated rings. The summed E-state index contributed by atoms with van der Waals surface area (Å²) in [5.41, 5.74) is 2.47. The molecule has 0 saturated heterocycles. The van der Waals surface area contributed by atoms with Crippen LogP contribution in [0.5, 0.6) is 0 Å². The van der Waals surface area contributed by atoms with E-state index < -0.39 is 5.60 Å². The maximum atomic E-state index is 11.2. The fourth-order valence-corrected chi connectivity index (χ4v) is 2.78. The van der Waals surface area contributed by atoms with Crippen molar-refractivity contribution in [1.29, 1.82) is 0 Å². The van der Waals surface area contributed by atoms with Gasteiger partial charge in [0, 0.05) is 0 Å².